The lowest BCUT2D eigenvalue weighted by atomic mass is 9.85. The molecule has 0 spiro atoms. The van der Waals surface area contributed by atoms with Gasteiger partial charge in [-0.05, 0) is 43.9 Å². The normalized spacial score (nSPS) is 13.4. The van der Waals surface area contributed by atoms with Crippen LogP contribution in [0, 0.1) is 5.92 Å². The molecule has 2 N–H and O–H groups in total. The highest BCUT2D eigenvalue weighted by molar-refractivity contribution is 5.78. The van der Waals surface area contributed by atoms with E-state index in [-0.39, 0.29) is 18.2 Å². The molecule has 1 aromatic carbocycles. The van der Waals surface area contributed by atoms with E-state index in [0.717, 1.165) is 11.3 Å². The van der Waals surface area contributed by atoms with Gasteiger partial charge in [0.1, 0.15) is 5.75 Å². The van der Waals surface area contributed by atoms with E-state index in [4.69, 9.17) is 9.84 Å². The number of nitrogens with one attached hydrogen (secondary N) is 1. The van der Waals surface area contributed by atoms with Crippen LogP contribution >= 0.6 is 0 Å². The predicted molar refractivity (Wildman–Crippen MR) is 89.6 cm³/mol. The Morgan fingerprint density at radius 2 is 1.87 bits per heavy atom. The second-order valence-corrected chi connectivity index (χ2v) is 6.27. The number of hydrogen-bond donors (Lipinski definition) is 2. The van der Waals surface area contributed by atoms with Gasteiger partial charge in [-0.1, -0.05) is 26.0 Å². The molecule has 0 fully saturated rings. The van der Waals surface area contributed by atoms with E-state index in [2.05, 4.69) is 5.32 Å². The molecule has 1 rings (SSSR count). The zero-order valence-electron chi connectivity index (χ0n) is 14.4. The van der Waals surface area contributed by atoms with Crippen LogP contribution in [0.15, 0.2) is 24.3 Å². The molecule has 128 valence electrons. The Balaban J connectivity index is 2.56. The van der Waals surface area contributed by atoms with Crippen LogP contribution in [0.1, 0.15) is 46.1 Å². The average Bonchev–Trinajstić information content (AvgIpc) is 2.45. The van der Waals surface area contributed by atoms with Crippen LogP contribution in [-0.4, -0.2) is 29.1 Å². The third kappa shape index (κ3) is 6.30. The van der Waals surface area contributed by atoms with Crippen molar-refractivity contribution in [2.24, 2.45) is 5.92 Å². The number of carboxylic acid groups (broad SMARTS) is 1. The minimum Gasteiger partial charge on any atom is -0.494 e. The van der Waals surface area contributed by atoms with Crippen LogP contribution in [0.3, 0.4) is 0 Å². The summed E-state index contributed by atoms with van der Waals surface area (Å²) in [5, 5.41) is 11.9. The molecule has 0 aliphatic rings. The van der Waals surface area contributed by atoms with Crippen LogP contribution in [0.5, 0.6) is 5.75 Å². The second kappa shape index (κ2) is 8.56. The molecular formula is C18H27NO4. The molecule has 23 heavy (non-hydrogen) atoms. The van der Waals surface area contributed by atoms with Gasteiger partial charge in [0.25, 0.3) is 0 Å². The number of carboxylic acids is 1. The fraction of sp³-hybridized carbons (Fsp3) is 0.556. The number of hydrogen-bond acceptors (Lipinski definition) is 3. The molecule has 0 aliphatic heterocycles. The Morgan fingerprint density at radius 1 is 1.26 bits per heavy atom. The van der Waals surface area contributed by atoms with Gasteiger partial charge in [-0.2, -0.15) is 0 Å². The third-order valence-corrected chi connectivity index (χ3v) is 4.09. The highest BCUT2D eigenvalue weighted by Gasteiger charge is 2.32. The van der Waals surface area contributed by atoms with Crippen molar-refractivity contribution in [2.75, 3.05) is 6.61 Å². The predicted octanol–water partition coefficient (Wildman–Crippen LogP) is 3.02. The van der Waals surface area contributed by atoms with Gasteiger partial charge in [-0.25, -0.2) is 0 Å². The topological polar surface area (TPSA) is 75.6 Å². The summed E-state index contributed by atoms with van der Waals surface area (Å²) in [6.07, 6.45) is 0.856. The number of carbonyl (C=O) groups excluding carboxylic acids is 1. The van der Waals surface area contributed by atoms with Gasteiger partial charge in [0, 0.05) is 12.0 Å². The number of aliphatic carboxylic acids is 1. The molecule has 0 saturated carbocycles. The Labute approximate surface area is 138 Å². The van der Waals surface area contributed by atoms with E-state index >= 15 is 0 Å². The van der Waals surface area contributed by atoms with E-state index in [1.165, 1.54) is 0 Å². The largest absolute Gasteiger partial charge is 0.494 e. The quantitative estimate of drug-likeness (QED) is 0.733. The van der Waals surface area contributed by atoms with Crippen LogP contribution in [0.25, 0.3) is 0 Å². The molecule has 5 nitrogen and oxygen atoms in total. The highest BCUT2D eigenvalue weighted by Crippen LogP contribution is 2.21. The Morgan fingerprint density at radius 3 is 2.35 bits per heavy atom. The van der Waals surface area contributed by atoms with Gasteiger partial charge in [0.2, 0.25) is 5.91 Å². The van der Waals surface area contributed by atoms with Gasteiger partial charge in [0.15, 0.2) is 0 Å². The van der Waals surface area contributed by atoms with Crippen LogP contribution < -0.4 is 10.1 Å². The second-order valence-electron chi connectivity index (χ2n) is 6.27. The van der Waals surface area contributed by atoms with Crippen molar-refractivity contribution in [3.63, 3.8) is 0 Å². The fourth-order valence-electron chi connectivity index (χ4n) is 2.26. The zero-order chi connectivity index (χ0) is 17.5. The zero-order valence-corrected chi connectivity index (χ0v) is 14.4. The van der Waals surface area contributed by atoms with Crippen LogP contribution in [-0.2, 0) is 16.0 Å². The molecule has 1 aromatic rings. The first kappa shape index (κ1) is 19.0. The van der Waals surface area contributed by atoms with Crippen LogP contribution in [0.4, 0.5) is 0 Å². The summed E-state index contributed by atoms with van der Waals surface area (Å²) < 4.78 is 5.38. The van der Waals surface area contributed by atoms with Crippen molar-refractivity contribution < 1.29 is 19.4 Å². The molecule has 0 heterocycles. The van der Waals surface area contributed by atoms with E-state index in [9.17, 15) is 9.59 Å². The van der Waals surface area contributed by atoms with Crippen molar-refractivity contribution in [1.82, 2.24) is 5.32 Å². The Bertz CT molecular complexity index is 524. The van der Waals surface area contributed by atoms with E-state index in [1.807, 2.05) is 45.0 Å². The average molecular weight is 321 g/mol. The molecule has 0 aromatic heterocycles. The lowest BCUT2D eigenvalue weighted by Crippen LogP contribution is -2.51. The summed E-state index contributed by atoms with van der Waals surface area (Å²) in [4.78, 5) is 23.2. The van der Waals surface area contributed by atoms with Gasteiger partial charge < -0.3 is 15.2 Å². The first-order chi connectivity index (χ1) is 10.8. The van der Waals surface area contributed by atoms with Gasteiger partial charge in [-0.3, -0.25) is 9.59 Å². The monoisotopic (exact) mass is 321 g/mol. The Kier molecular flexibility index (Phi) is 7.07. The third-order valence-electron chi connectivity index (χ3n) is 4.09. The number of carbonyl (C=O) groups is 2. The summed E-state index contributed by atoms with van der Waals surface area (Å²) in [5.41, 5.74) is 0.315. The first-order valence-electron chi connectivity index (χ1n) is 8.01. The molecule has 0 bridgehead atoms. The summed E-state index contributed by atoms with van der Waals surface area (Å²) in [6, 6.07) is 7.66. The van der Waals surface area contributed by atoms with Crippen molar-refractivity contribution >= 4 is 11.9 Å². The van der Waals surface area contributed by atoms with E-state index in [1.54, 1.807) is 6.92 Å². The van der Waals surface area contributed by atoms with Gasteiger partial charge in [-0.15, -0.1) is 0 Å². The van der Waals surface area contributed by atoms with Gasteiger partial charge >= 0.3 is 5.97 Å². The van der Waals surface area contributed by atoms with Crippen molar-refractivity contribution in [3.05, 3.63) is 29.8 Å². The SMILES string of the molecule is CCOc1ccc(CCC(=O)NC(C)(CC(=O)O)C(C)C)cc1. The molecule has 0 aliphatic carbocycles. The maximum atomic E-state index is 12.2. The highest BCUT2D eigenvalue weighted by atomic mass is 16.5. The number of amides is 1. The van der Waals surface area contributed by atoms with Crippen molar-refractivity contribution in [3.8, 4) is 5.75 Å². The number of aryl methyl sites for hydroxylation is 1. The summed E-state index contributed by atoms with van der Waals surface area (Å²) >= 11 is 0. The lowest BCUT2D eigenvalue weighted by molar-refractivity contribution is -0.139. The number of rotatable bonds is 9. The standard InChI is InChI=1S/C18H27NO4/c1-5-23-15-9-6-14(7-10-15)8-11-16(20)19-18(4,13(2)3)12-17(21)22/h6-7,9-10,13H,5,8,11-12H2,1-4H3,(H,19,20)(H,21,22). The maximum Gasteiger partial charge on any atom is 0.305 e. The summed E-state index contributed by atoms with van der Waals surface area (Å²) in [5.74, 6) is -0.188. The van der Waals surface area contributed by atoms with E-state index in [0.29, 0.717) is 19.4 Å². The summed E-state index contributed by atoms with van der Waals surface area (Å²) in [6.45, 7) is 8.16. The van der Waals surface area contributed by atoms with Crippen molar-refractivity contribution in [2.45, 2.75) is 52.5 Å². The minimum absolute atomic E-state index is 0.0352. The summed E-state index contributed by atoms with van der Waals surface area (Å²) in [7, 11) is 0. The van der Waals surface area contributed by atoms with E-state index < -0.39 is 11.5 Å². The number of benzene rings is 1. The lowest BCUT2D eigenvalue weighted by Gasteiger charge is -2.33. The fourth-order valence-corrected chi connectivity index (χ4v) is 2.26. The molecule has 0 saturated heterocycles. The first-order valence-corrected chi connectivity index (χ1v) is 8.01. The molecule has 1 amide bonds. The molecule has 5 heteroatoms. The number of ether oxygens (including phenoxy) is 1. The smallest absolute Gasteiger partial charge is 0.305 e. The van der Waals surface area contributed by atoms with Crippen molar-refractivity contribution in [1.29, 1.82) is 0 Å². The van der Waals surface area contributed by atoms with Gasteiger partial charge in [0.05, 0.1) is 13.0 Å². The molecule has 1 atom stereocenters. The molecular weight excluding hydrogens is 294 g/mol. The maximum absolute atomic E-state index is 12.2. The van der Waals surface area contributed by atoms with Crippen LogP contribution in [0.2, 0.25) is 0 Å². The Hall–Kier alpha value is -2.04. The molecule has 1 unspecified atom stereocenters. The molecule has 0 radical (unpaired) electrons. The minimum atomic E-state index is -0.909.